The Morgan fingerprint density at radius 2 is 1.69 bits per heavy atom. The third kappa shape index (κ3) is 5.46. The zero-order valence-corrected chi connectivity index (χ0v) is 16.5. The van der Waals surface area contributed by atoms with Gasteiger partial charge in [-0.3, -0.25) is 14.5 Å². The van der Waals surface area contributed by atoms with Crippen molar-refractivity contribution in [3.8, 4) is 5.75 Å². The Hall–Kier alpha value is -2.08. The molecule has 1 heterocycles. The van der Waals surface area contributed by atoms with Crippen LogP contribution in [0.2, 0.25) is 0 Å². The van der Waals surface area contributed by atoms with E-state index in [1.165, 1.54) is 5.56 Å². The fourth-order valence-corrected chi connectivity index (χ4v) is 2.95. The number of piperazine rings is 1. The summed E-state index contributed by atoms with van der Waals surface area (Å²) in [5.41, 5.74) is 1.32. The normalized spacial score (nSPS) is 16.9. The number of carbonyl (C=O) groups excluding carboxylic acids is 2. The molecule has 1 aliphatic rings. The summed E-state index contributed by atoms with van der Waals surface area (Å²) < 4.78 is 5.84. The summed E-state index contributed by atoms with van der Waals surface area (Å²) in [6.07, 6.45) is -0.527. The van der Waals surface area contributed by atoms with Crippen LogP contribution in [0.15, 0.2) is 24.3 Å². The van der Waals surface area contributed by atoms with Gasteiger partial charge in [-0.2, -0.15) is 0 Å². The molecule has 0 aromatic heterocycles. The van der Waals surface area contributed by atoms with Crippen LogP contribution in [0, 0.1) is 0 Å². The Balaban J connectivity index is 1.85. The minimum Gasteiger partial charge on any atom is -0.481 e. The topological polar surface area (TPSA) is 61.9 Å². The summed E-state index contributed by atoms with van der Waals surface area (Å²) in [4.78, 5) is 27.9. The lowest BCUT2D eigenvalue weighted by molar-refractivity contribution is -0.139. The number of nitrogens with one attached hydrogen (secondary N) is 1. The van der Waals surface area contributed by atoms with E-state index in [2.05, 4.69) is 31.0 Å². The summed E-state index contributed by atoms with van der Waals surface area (Å²) in [6, 6.07) is 7.94. The number of rotatable bonds is 5. The molecule has 1 aliphatic heterocycles. The molecule has 1 N–H and O–H groups in total. The van der Waals surface area contributed by atoms with E-state index in [-0.39, 0.29) is 17.2 Å². The molecule has 26 heavy (non-hydrogen) atoms. The first-order chi connectivity index (χ1) is 12.2. The lowest BCUT2D eigenvalue weighted by Gasteiger charge is -2.35. The fourth-order valence-electron chi connectivity index (χ4n) is 2.95. The van der Waals surface area contributed by atoms with Gasteiger partial charge >= 0.3 is 0 Å². The molecular weight excluding hydrogens is 330 g/mol. The number of hydrogen-bond acceptors (Lipinski definition) is 4. The van der Waals surface area contributed by atoms with Crippen LogP contribution >= 0.6 is 0 Å². The van der Waals surface area contributed by atoms with Gasteiger partial charge in [0.25, 0.3) is 5.91 Å². The molecule has 1 saturated heterocycles. The number of carbonyl (C=O) groups is 2. The van der Waals surface area contributed by atoms with E-state index in [1.54, 1.807) is 14.0 Å². The molecular formula is C20H31N3O3. The predicted molar refractivity (Wildman–Crippen MR) is 102 cm³/mol. The number of hydrogen-bond donors (Lipinski definition) is 1. The molecule has 0 aliphatic carbocycles. The Bertz CT molecular complexity index is 614. The van der Waals surface area contributed by atoms with E-state index in [9.17, 15) is 9.59 Å². The molecule has 2 amide bonds. The maximum atomic E-state index is 12.6. The third-order valence-electron chi connectivity index (χ3n) is 4.71. The lowest BCUT2D eigenvalue weighted by Crippen LogP contribution is -2.53. The maximum absolute atomic E-state index is 12.6. The standard InChI is InChI=1S/C20H31N3O3/c1-15(26-17-8-6-16(7-9-17)20(2,3)4)19(25)23-12-10-22(11-13-23)14-18(24)21-5/h6-9,15H,10-14H2,1-5H3,(H,21,24)/t15-/m1/s1. The third-order valence-corrected chi connectivity index (χ3v) is 4.71. The van der Waals surface area contributed by atoms with Gasteiger partial charge in [-0.15, -0.1) is 0 Å². The van der Waals surface area contributed by atoms with E-state index in [1.807, 2.05) is 29.2 Å². The molecule has 0 bridgehead atoms. The largest absolute Gasteiger partial charge is 0.481 e. The van der Waals surface area contributed by atoms with Crippen molar-refractivity contribution in [3.63, 3.8) is 0 Å². The van der Waals surface area contributed by atoms with Gasteiger partial charge in [0, 0.05) is 33.2 Å². The molecule has 144 valence electrons. The minimum absolute atomic E-state index is 0.000168. The highest BCUT2D eigenvalue weighted by Gasteiger charge is 2.26. The molecule has 1 aromatic carbocycles. The number of benzene rings is 1. The van der Waals surface area contributed by atoms with Crippen LogP contribution in [0.25, 0.3) is 0 Å². The summed E-state index contributed by atoms with van der Waals surface area (Å²) >= 11 is 0. The first-order valence-corrected chi connectivity index (χ1v) is 9.19. The SMILES string of the molecule is CNC(=O)CN1CCN(C(=O)[C@@H](C)Oc2ccc(C(C)(C)C)cc2)CC1. The van der Waals surface area contributed by atoms with E-state index in [0.717, 1.165) is 0 Å². The quantitative estimate of drug-likeness (QED) is 0.866. The van der Waals surface area contributed by atoms with Crippen LogP contribution in [0.4, 0.5) is 0 Å². The second-order valence-corrected chi connectivity index (χ2v) is 7.81. The van der Waals surface area contributed by atoms with Crippen molar-refractivity contribution in [1.29, 1.82) is 0 Å². The smallest absolute Gasteiger partial charge is 0.263 e. The summed E-state index contributed by atoms with van der Waals surface area (Å²) in [6.45, 7) is 11.3. The van der Waals surface area contributed by atoms with Crippen LogP contribution < -0.4 is 10.1 Å². The van der Waals surface area contributed by atoms with Crippen LogP contribution in [0.5, 0.6) is 5.75 Å². The average Bonchev–Trinajstić information content (AvgIpc) is 2.61. The monoisotopic (exact) mass is 361 g/mol. The maximum Gasteiger partial charge on any atom is 0.263 e. The van der Waals surface area contributed by atoms with Crippen molar-refractivity contribution in [2.75, 3.05) is 39.8 Å². The van der Waals surface area contributed by atoms with Gasteiger partial charge in [0.05, 0.1) is 6.54 Å². The van der Waals surface area contributed by atoms with Crippen LogP contribution in [-0.4, -0.2) is 67.5 Å². The minimum atomic E-state index is -0.527. The molecule has 1 fully saturated rings. The highest BCUT2D eigenvalue weighted by atomic mass is 16.5. The molecule has 0 saturated carbocycles. The van der Waals surface area contributed by atoms with Crippen molar-refractivity contribution in [3.05, 3.63) is 29.8 Å². The Labute approximate surface area is 156 Å². The van der Waals surface area contributed by atoms with E-state index in [4.69, 9.17) is 4.74 Å². The van der Waals surface area contributed by atoms with Crippen molar-refractivity contribution in [2.45, 2.75) is 39.2 Å². The second-order valence-electron chi connectivity index (χ2n) is 7.81. The van der Waals surface area contributed by atoms with Gasteiger partial charge in [0.15, 0.2) is 6.10 Å². The zero-order chi connectivity index (χ0) is 19.3. The molecule has 0 spiro atoms. The van der Waals surface area contributed by atoms with Gasteiger partial charge in [0.1, 0.15) is 5.75 Å². The highest BCUT2D eigenvalue weighted by molar-refractivity contribution is 5.81. The zero-order valence-electron chi connectivity index (χ0n) is 16.5. The van der Waals surface area contributed by atoms with Gasteiger partial charge in [-0.05, 0) is 30.0 Å². The van der Waals surface area contributed by atoms with Gasteiger partial charge in [-0.1, -0.05) is 32.9 Å². The molecule has 1 atom stereocenters. The van der Waals surface area contributed by atoms with Crippen LogP contribution in [0.3, 0.4) is 0 Å². The Morgan fingerprint density at radius 3 is 2.19 bits per heavy atom. The van der Waals surface area contributed by atoms with Gasteiger partial charge in [-0.25, -0.2) is 0 Å². The predicted octanol–water partition coefficient (Wildman–Crippen LogP) is 1.64. The summed E-state index contributed by atoms with van der Waals surface area (Å²) in [5.74, 6) is 0.696. The van der Waals surface area contributed by atoms with Crippen LogP contribution in [-0.2, 0) is 15.0 Å². The van der Waals surface area contributed by atoms with Gasteiger partial charge in [0.2, 0.25) is 5.91 Å². The molecule has 6 nitrogen and oxygen atoms in total. The summed E-state index contributed by atoms with van der Waals surface area (Å²) in [7, 11) is 1.63. The van der Waals surface area contributed by atoms with Crippen molar-refractivity contribution < 1.29 is 14.3 Å². The van der Waals surface area contributed by atoms with E-state index in [0.29, 0.717) is 38.5 Å². The molecule has 1 aromatic rings. The van der Waals surface area contributed by atoms with E-state index < -0.39 is 6.10 Å². The molecule has 0 radical (unpaired) electrons. The van der Waals surface area contributed by atoms with Crippen molar-refractivity contribution >= 4 is 11.8 Å². The number of amides is 2. The lowest BCUT2D eigenvalue weighted by atomic mass is 9.87. The number of likely N-dealkylation sites (N-methyl/N-ethyl adjacent to an activating group) is 1. The summed E-state index contributed by atoms with van der Waals surface area (Å²) in [5, 5.41) is 2.62. The molecule has 2 rings (SSSR count). The highest BCUT2D eigenvalue weighted by Crippen LogP contribution is 2.24. The number of nitrogens with zero attached hydrogens (tertiary/aromatic N) is 2. The molecule has 0 unspecified atom stereocenters. The molecule has 6 heteroatoms. The van der Waals surface area contributed by atoms with E-state index >= 15 is 0 Å². The fraction of sp³-hybridized carbons (Fsp3) is 0.600. The van der Waals surface area contributed by atoms with Crippen LogP contribution in [0.1, 0.15) is 33.3 Å². The Morgan fingerprint density at radius 1 is 1.12 bits per heavy atom. The second kappa shape index (κ2) is 8.54. The number of ether oxygens (including phenoxy) is 1. The average molecular weight is 361 g/mol. The van der Waals surface area contributed by atoms with Gasteiger partial charge < -0.3 is 15.0 Å². The van der Waals surface area contributed by atoms with Crippen molar-refractivity contribution in [1.82, 2.24) is 15.1 Å². The van der Waals surface area contributed by atoms with Crippen molar-refractivity contribution in [2.24, 2.45) is 0 Å². The first-order valence-electron chi connectivity index (χ1n) is 9.19. The Kier molecular flexibility index (Phi) is 6.64. The first kappa shape index (κ1) is 20.2.